The molecule has 2 aromatic carbocycles. The van der Waals surface area contributed by atoms with Crippen LogP contribution in [-0.4, -0.2) is 40.0 Å². The van der Waals surface area contributed by atoms with E-state index in [1.54, 1.807) is 24.3 Å². The lowest BCUT2D eigenvalue weighted by atomic mass is 10.0. The first kappa shape index (κ1) is 24.7. The quantitative estimate of drug-likeness (QED) is 0.513. The zero-order chi connectivity index (χ0) is 25.4. The van der Waals surface area contributed by atoms with Crippen molar-refractivity contribution in [3.8, 4) is 0 Å². The summed E-state index contributed by atoms with van der Waals surface area (Å²) in [5.41, 5.74) is -4.13. The van der Waals surface area contributed by atoms with E-state index in [0.717, 1.165) is 4.90 Å². The minimum atomic E-state index is -5.10. The standard InChI is InChI=1S/C23H19F6N3O3/c24-22(25,26)14-8-13(9-15(10-14)23(27,28)29)21(34)32(11-16-4-3-7-35-16)12-19-30-18-6-2-1-5-17(18)20(33)31-19/h1-2,5-6,8-10,16H,3-4,7,11-12H2,(H,30,31,33). The van der Waals surface area contributed by atoms with Crippen LogP contribution in [0.1, 0.15) is 40.2 Å². The maximum absolute atomic E-state index is 13.3. The predicted molar refractivity (Wildman–Crippen MR) is 113 cm³/mol. The van der Waals surface area contributed by atoms with E-state index in [1.165, 1.54) is 0 Å². The average Bonchev–Trinajstić information content (AvgIpc) is 3.30. The van der Waals surface area contributed by atoms with Crippen LogP contribution in [-0.2, 0) is 23.6 Å². The van der Waals surface area contributed by atoms with E-state index in [-0.39, 0.29) is 25.0 Å². The first-order valence-corrected chi connectivity index (χ1v) is 10.6. The van der Waals surface area contributed by atoms with E-state index < -0.39 is 46.6 Å². The van der Waals surface area contributed by atoms with Crippen molar-refractivity contribution in [3.05, 3.63) is 75.3 Å². The lowest BCUT2D eigenvalue weighted by Crippen LogP contribution is -2.38. The second kappa shape index (κ2) is 9.33. The van der Waals surface area contributed by atoms with Crippen molar-refractivity contribution >= 4 is 16.8 Å². The van der Waals surface area contributed by atoms with Crippen LogP contribution in [0.3, 0.4) is 0 Å². The third-order valence-electron chi connectivity index (χ3n) is 5.57. The van der Waals surface area contributed by atoms with Crippen LogP contribution >= 0.6 is 0 Å². The monoisotopic (exact) mass is 499 g/mol. The number of alkyl halides is 6. The number of hydrogen-bond acceptors (Lipinski definition) is 4. The van der Waals surface area contributed by atoms with Crippen LogP contribution in [0, 0.1) is 0 Å². The maximum atomic E-state index is 13.3. The van der Waals surface area contributed by atoms with E-state index in [0.29, 0.717) is 42.5 Å². The summed E-state index contributed by atoms with van der Waals surface area (Å²) in [7, 11) is 0. The zero-order valence-electron chi connectivity index (χ0n) is 18.0. The molecule has 186 valence electrons. The fraction of sp³-hybridized carbons (Fsp3) is 0.348. The number of fused-ring (bicyclic) bond motifs is 1. The van der Waals surface area contributed by atoms with Crippen LogP contribution < -0.4 is 5.56 Å². The first-order chi connectivity index (χ1) is 16.4. The number of carbonyl (C=O) groups is 1. The summed E-state index contributed by atoms with van der Waals surface area (Å²) < 4.78 is 85.3. The Morgan fingerprint density at radius 1 is 1.06 bits per heavy atom. The molecule has 0 saturated carbocycles. The van der Waals surface area contributed by atoms with Gasteiger partial charge in [0.1, 0.15) is 5.82 Å². The van der Waals surface area contributed by atoms with Crippen molar-refractivity contribution < 1.29 is 35.9 Å². The van der Waals surface area contributed by atoms with Crippen LogP contribution in [0.5, 0.6) is 0 Å². The van der Waals surface area contributed by atoms with Crippen LogP contribution in [0.15, 0.2) is 47.3 Å². The second-order valence-electron chi connectivity index (χ2n) is 8.15. The summed E-state index contributed by atoms with van der Waals surface area (Å²) >= 11 is 0. The van der Waals surface area contributed by atoms with E-state index in [4.69, 9.17) is 4.74 Å². The van der Waals surface area contributed by atoms with Gasteiger partial charge in [-0.15, -0.1) is 0 Å². The van der Waals surface area contributed by atoms with Crippen LogP contribution in [0.25, 0.3) is 10.9 Å². The molecule has 0 aliphatic carbocycles. The highest BCUT2D eigenvalue weighted by Gasteiger charge is 2.38. The Balaban J connectivity index is 1.74. The van der Waals surface area contributed by atoms with Gasteiger partial charge in [0.05, 0.1) is 34.7 Å². The Bertz CT molecular complexity index is 1260. The largest absolute Gasteiger partial charge is 0.416 e. The molecule has 1 aromatic heterocycles. The fourth-order valence-electron chi connectivity index (χ4n) is 3.90. The van der Waals surface area contributed by atoms with E-state index >= 15 is 0 Å². The van der Waals surface area contributed by atoms with E-state index in [9.17, 15) is 35.9 Å². The highest BCUT2D eigenvalue weighted by Crippen LogP contribution is 2.36. The molecular formula is C23H19F6N3O3. The maximum Gasteiger partial charge on any atom is 0.416 e. The number of para-hydroxylation sites is 1. The van der Waals surface area contributed by atoms with Crippen molar-refractivity contribution in [2.45, 2.75) is 37.8 Å². The van der Waals surface area contributed by atoms with E-state index in [1.807, 2.05) is 0 Å². The average molecular weight is 499 g/mol. The summed E-state index contributed by atoms with van der Waals surface area (Å²) in [5, 5.41) is 0.293. The molecule has 3 aromatic rings. The third kappa shape index (κ3) is 5.64. The molecular weight excluding hydrogens is 480 g/mol. The van der Waals surface area contributed by atoms with Gasteiger partial charge in [-0.3, -0.25) is 9.59 Å². The van der Waals surface area contributed by atoms with Gasteiger partial charge in [0, 0.05) is 18.7 Å². The number of carbonyl (C=O) groups excluding carboxylic acids is 1. The third-order valence-corrected chi connectivity index (χ3v) is 5.57. The molecule has 1 N–H and O–H groups in total. The van der Waals surface area contributed by atoms with Crippen LogP contribution in [0.2, 0.25) is 0 Å². The van der Waals surface area contributed by atoms with Crippen molar-refractivity contribution in [3.63, 3.8) is 0 Å². The minimum absolute atomic E-state index is 0.0306. The number of hydrogen-bond donors (Lipinski definition) is 1. The van der Waals surface area contributed by atoms with Gasteiger partial charge in [-0.2, -0.15) is 26.3 Å². The lowest BCUT2D eigenvalue weighted by molar-refractivity contribution is -0.143. The smallest absolute Gasteiger partial charge is 0.376 e. The minimum Gasteiger partial charge on any atom is -0.376 e. The number of H-pyrrole nitrogens is 1. The van der Waals surface area contributed by atoms with Gasteiger partial charge >= 0.3 is 12.4 Å². The fourth-order valence-corrected chi connectivity index (χ4v) is 3.90. The Labute approximate surface area is 194 Å². The Morgan fingerprint density at radius 3 is 2.31 bits per heavy atom. The van der Waals surface area contributed by atoms with Gasteiger partial charge in [0.2, 0.25) is 0 Å². The zero-order valence-corrected chi connectivity index (χ0v) is 18.0. The molecule has 1 fully saturated rings. The molecule has 2 heterocycles. The molecule has 0 radical (unpaired) electrons. The molecule has 1 aliphatic rings. The van der Waals surface area contributed by atoms with Crippen molar-refractivity contribution in [1.29, 1.82) is 0 Å². The second-order valence-corrected chi connectivity index (χ2v) is 8.15. The molecule has 1 amide bonds. The summed E-state index contributed by atoms with van der Waals surface area (Å²) in [4.78, 5) is 33.5. The number of aromatic nitrogens is 2. The molecule has 0 spiro atoms. The van der Waals surface area contributed by atoms with Gasteiger partial charge in [-0.05, 0) is 43.2 Å². The van der Waals surface area contributed by atoms with Crippen LogP contribution in [0.4, 0.5) is 26.3 Å². The number of rotatable bonds is 5. The van der Waals surface area contributed by atoms with Gasteiger partial charge in [0.15, 0.2) is 0 Å². The summed E-state index contributed by atoms with van der Waals surface area (Å²) in [5.74, 6) is -1.05. The number of nitrogens with one attached hydrogen (secondary N) is 1. The molecule has 1 unspecified atom stereocenters. The summed E-state index contributed by atoms with van der Waals surface area (Å²) in [6, 6.07) is 7.13. The highest BCUT2D eigenvalue weighted by molar-refractivity contribution is 5.94. The Hall–Kier alpha value is -3.41. The number of nitrogens with zero attached hydrogens (tertiary/aromatic N) is 2. The topological polar surface area (TPSA) is 75.3 Å². The first-order valence-electron chi connectivity index (χ1n) is 10.6. The normalized spacial score (nSPS) is 16.6. The lowest BCUT2D eigenvalue weighted by Gasteiger charge is -2.26. The number of benzene rings is 2. The summed E-state index contributed by atoms with van der Waals surface area (Å²) in [6.07, 6.45) is -9.40. The predicted octanol–water partition coefficient (Wildman–Crippen LogP) is 4.78. The number of halogens is 6. The number of ether oxygens (including phenoxy) is 1. The summed E-state index contributed by atoms with van der Waals surface area (Å²) in [6.45, 7) is -0.0388. The number of amides is 1. The molecule has 1 atom stereocenters. The Morgan fingerprint density at radius 2 is 1.71 bits per heavy atom. The van der Waals surface area contributed by atoms with Gasteiger partial charge in [-0.25, -0.2) is 4.98 Å². The SMILES string of the molecule is O=C(c1cc(C(F)(F)F)cc(C(F)(F)F)c1)N(Cc1nc2ccccc2c(=O)[nH]1)CC1CCCO1. The van der Waals surface area contributed by atoms with Gasteiger partial charge in [0.25, 0.3) is 11.5 Å². The Kier molecular flexibility index (Phi) is 6.58. The van der Waals surface area contributed by atoms with Crippen molar-refractivity contribution in [2.24, 2.45) is 0 Å². The number of aromatic amines is 1. The molecule has 6 nitrogen and oxygen atoms in total. The molecule has 1 aliphatic heterocycles. The van der Waals surface area contributed by atoms with Gasteiger partial charge < -0.3 is 14.6 Å². The molecule has 12 heteroatoms. The van der Waals surface area contributed by atoms with Gasteiger partial charge in [-0.1, -0.05) is 12.1 Å². The highest BCUT2D eigenvalue weighted by atomic mass is 19.4. The molecule has 1 saturated heterocycles. The van der Waals surface area contributed by atoms with E-state index in [2.05, 4.69) is 9.97 Å². The van der Waals surface area contributed by atoms with Crippen molar-refractivity contribution in [1.82, 2.24) is 14.9 Å². The van der Waals surface area contributed by atoms with Crippen molar-refractivity contribution in [2.75, 3.05) is 13.2 Å². The molecule has 35 heavy (non-hydrogen) atoms. The molecule has 4 rings (SSSR count). The molecule has 0 bridgehead atoms.